The minimum atomic E-state index is -0.446. The molecule has 0 N–H and O–H groups in total. The first-order valence-corrected chi connectivity index (χ1v) is 10.9. The number of aliphatic imine (C=N–C) groups is 1. The number of carbonyl (C=O) groups excluding carboxylic acids is 1. The normalized spacial score (nSPS) is 16.5. The van der Waals surface area contributed by atoms with E-state index in [1.54, 1.807) is 35.2 Å². The highest BCUT2D eigenvalue weighted by molar-refractivity contribution is 8.18. The smallest absolute Gasteiger partial charge is 0.270 e. The number of non-ortho nitro benzene ring substituents is 1. The third kappa shape index (κ3) is 4.50. The molecular weight excluding hydrogens is 426 g/mol. The van der Waals surface area contributed by atoms with Crippen molar-refractivity contribution in [3.05, 3.63) is 87.0 Å². The summed E-state index contributed by atoms with van der Waals surface area (Å²) >= 11 is 1.30. The Morgan fingerprint density at radius 3 is 2.56 bits per heavy atom. The van der Waals surface area contributed by atoms with Crippen molar-refractivity contribution >= 4 is 40.3 Å². The van der Waals surface area contributed by atoms with Crippen LogP contribution in [0.2, 0.25) is 0 Å². The molecule has 1 aliphatic rings. The summed E-state index contributed by atoms with van der Waals surface area (Å²) in [5.74, 6) is 0.845. The van der Waals surface area contributed by atoms with E-state index < -0.39 is 4.92 Å². The van der Waals surface area contributed by atoms with Crippen LogP contribution in [0, 0.1) is 17.0 Å². The predicted octanol–water partition coefficient (Wildman–Crippen LogP) is 6.18. The lowest BCUT2D eigenvalue weighted by Crippen LogP contribution is -2.35. The van der Waals surface area contributed by atoms with Gasteiger partial charge in [-0.2, -0.15) is 0 Å². The number of amidine groups is 1. The summed E-state index contributed by atoms with van der Waals surface area (Å²) in [5.41, 5.74) is 2.51. The quantitative estimate of drug-likeness (QED) is 0.265. The Morgan fingerprint density at radius 2 is 1.88 bits per heavy atom. The first-order valence-electron chi connectivity index (χ1n) is 10.0. The average molecular weight is 448 g/mol. The molecule has 3 aromatic rings. The minimum Gasteiger partial charge on any atom is -0.457 e. The third-order valence-corrected chi connectivity index (χ3v) is 5.84. The van der Waals surface area contributed by atoms with Crippen LogP contribution in [0.1, 0.15) is 25.2 Å². The van der Waals surface area contributed by atoms with E-state index in [2.05, 4.69) is 4.99 Å². The van der Waals surface area contributed by atoms with Gasteiger partial charge in [0.25, 0.3) is 11.6 Å². The van der Waals surface area contributed by atoms with E-state index in [0.29, 0.717) is 27.2 Å². The fraction of sp³-hybridized carbons (Fsp3) is 0.167. The maximum absolute atomic E-state index is 13.0. The van der Waals surface area contributed by atoms with Gasteiger partial charge < -0.3 is 4.42 Å². The van der Waals surface area contributed by atoms with Gasteiger partial charge in [-0.05, 0) is 56.8 Å². The lowest BCUT2D eigenvalue weighted by molar-refractivity contribution is -0.384. The molecule has 0 radical (unpaired) electrons. The van der Waals surface area contributed by atoms with Crippen molar-refractivity contribution in [2.45, 2.75) is 26.8 Å². The van der Waals surface area contributed by atoms with Gasteiger partial charge in [0, 0.05) is 29.8 Å². The molecule has 1 aliphatic heterocycles. The van der Waals surface area contributed by atoms with Crippen LogP contribution in [-0.2, 0) is 4.79 Å². The second kappa shape index (κ2) is 8.84. The Bertz CT molecular complexity index is 1240. The van der Waals surface area contributed by atoms with Crippen LogP contribution in [0.3, 0.4) is 0 Å². The monoisotopic (exact) mass is 447 g/mol. The van der Waals surface area contributed by atoms with Crippen LogP contribution in [-0.4, -0.2) is 26.9 Å². The zero-order valence-corrected chi connectivity index (χ0v) is 18.6. The number of amides is 1. The van der Waals surface area contributed by atoms with Gasteiger partial charge in [-0.15, -0.1) is 0 Å². The van der Waals surface area contributed by atoms with Crippen molar-refractivity contribution in [3.8, 4) is 11.3 Å². The van der Waals surface area contributed by atoms with E-state index in [1.807, 2.05) is 45.0 Å². The number of rotatable bonds is 5. The molecule has 32 heavy (non-hydrogen) atoms. The van der Waals surface area contributed by atoms with Crippen LogP contribution in [0.4, 0.5) is 11.4 Å². The van der Waals surface area contributed by atoms with E-state index in [4.69, 9.17) is 4.42 Å². The number of hydrogen-bond donors (Lipinski definition) is 0. The maximum atomic E-state index is 13.0. The number of nitrogens with zero attached hydrogens (tertiary/aromatic N) is 3. The van der Waals surface area contributed by atoms with E-state index in [9.17, 15) is 14.9 Å². The zero-order valence-electron chi connectivity index (χ0n) is 17.8. The highest BCUT2D eigenvalue weighted by atomic mass is 32.2. The molecule has 1 saturated heterocycles. The molecule has 0 unspecified atom stereocenters. The predicted molar refractivity (Wildman–Crippen MR) is 127 cm³/mol. The molecular formula is C24H21N3O4S. The summed E-state index contributed by atoms with van der Waals surface area (Å²) in [6.45, 7) is 5.90. The lowest BCUT2D eigenvalue weighted by Gasteiger charge is -2.19. The molecule has 4 rings (SSSR count). The summed E-state index contributed by atoms with van der Waals surface area (Å²) in [6, 6.07) is 17.5. The second-order valence-corrected chi connectivity index (χ2v) is 8.63. The van der Waals surface area contributed by atoms with Crippen LogP contribution in [0.25, 0.3) is 17.4 Å². The van der Waals surface area contributed by atoms with E-state index >= 15 is 0 Å². The summed E-state index contributed by atoms with van der Waals surface area (Å²) in [5, 5.41) is 11.6. The molecule has 0 bridgehead atoms. The molecule has 7 nitrogen and oxygen atoms in total. The van der Waals surface area contributed by atoms with Crippen molar-refractivity contribution in [1.82, 2.24) is 4.90 Å². The van der Waals surface area contributed by atoms with Gasteiger partial charge in [0.2, 0.25) is 0 Å². The van der Waals surface area contributed by atoms with Gasteiger partial charge in [0.05, 0.1) is 15.5 Å². The zero-order chi connectivity index (χ0) is 22.8. The van der Waals surface area contributed by atoms with Gasteiger partial charge in [-0.25, -0.2) is 4.99 Å². The summed E-state index contributed by atoms with van der Waals surface area (Å²) in [7, 11) is 0. The first-order chi connectivity index (χ1) is 15.3. The largest absolute Gasteiger partial charge is 0.457 e. The Labute approximate surface area is 189 Å². The Morgan fingerprint density at radius 1 is 1.12 bits per heavy atom. The number of nitro benzene ring substituents is 1. The number of thioether (sulfide) groups is 1. The molecule has 1 fully saturated rings. The van der Waals surface area contributed by atoms with Crippen molar-refractivity contribution < 1.29 is 14.1 Å². The molecule has 0 saturated carbocycles. The molecule has 162 valence electrons. The second-order valence-electron chi connectivity index (χ2n) is 7.62. The highest BCUT2D eigenvalue weighted by Gasteiger charge is 2.35. The Hall–Kier alpha value is -3.65. The van der Waals surface area contributed by atoms with Crippen LogP contribution in [0.5, 0.6) is 0 Å². The number of nitro groups is 1. The molecule has 8 heteroatoms. The lowest BCUT2D eigenvalue weighted by atomic mass is 10.1. The number of carbonyl (C=O) groups is 1. The fourth-order valence-electron chi connectivity index (χ4n) is 3.24. The van der Waals surface area contributed by atoms with Crippen LogP contribution in [0.15, 0.2) is 75.0 Å². The van der Waals surface area contributed by atoms with Gasteiger partial charge in [0.15, 0.2) is 5.17 Å². The first kappa shape index (κ1) is 21.6. The third-order valence-electron chi connectivity index (χ3n) is 4.85. The van der Waals surface area contributed by atoms with Gasteiger partial charge in [0.1, 0.15) is 11.5 Å². The van der Waals surface area contributed by atoms with Crippen molar-refractivity contribution in [3.63, 3.8) is 0 Å². The fourth-order valence-corrected chi connectivity index (χ4v) is 4.34. The van der Waals surface area contributed by atoms with Crippen molar-refractivity contribution in [2.24, 2.45) is 4.99 Å². The topological polar surface area (TPSA) is 89.0 Å². The summed E-state index contributed by atoms with van der Waals surface area (Å²) in [6.07, 6.45) is 1.68. The Balaban J connectivity index is 1.63. The molecule has 0 aliphatic carbocycles. The average Bonchev–Trinajstić information content (AvgIpc) is 3.35. The molecule has 1 amide bonds. The summed E-state index contributed by atoms with van der Waals surface area (Å²) < 4.78 is 5.85. The number of aryl methyl sites for hydroxylation is 1. The highest BCUT2D eigenvalue weighted by Crippen LogP contribution is 2.36. The minimum absolute atomic E-state index is 0.00938. The molecule has 0 spiro atoms. The number of furan rings is 1. The van der Waals surface area contributed by atoms with Crippen molar-refractivity contribution in [2.75, 3.05) is 0 Å². The SMILES string of the molecule is Cc1ccc(N=C2S/C(=C/c3ccc(-c4cccc([N+](=O)[O-])c4)o3)C(=O)N2C(C)C)cc1. The Kier molecular flexibility index (Phi) is 5.96. The van der Waals surface area contributed by atoms with E-state index in [0.717, 1.165) is 11.3 Å². The van der Waals surface area contributed by atoms with Gasteiger partial charge in [-0.1, -0.05) is 29.8 Å². The van der Waals surface area contributed by atoms with E-state index in [-0.39, 0.29) is 17.6 Å². The van der Waals surface area contributed by atoms with Crippen LogP contribution >= 0.6 is 11.8 Å². The van der Waals surface area contributed by atoms with Crippen LogP contribution < -0.4 is 0 Å². The van der Waals surface area contributed by atoms with Crippen molar-refractivity contribution in [1.29, 1.82) is 0 Å². The maximum Gasteiger partial charge on any atom is 0.270 e. The van der Waals surface area contributed by atoms with E-state index in [1.165, 1.54) is 23.9 Å². The number of benzene rings is 2. The molecule has 2 heterocycles. The number of hydrogen-bond acceptors (Lipinski definition) is 6. The molecule has 2 aromatic carbocycles. The summed E-state index contributed by atoms with van der Waals surface area (Å²) in [4.78, 5) is 30.5. The molecule has 0 atom stereocenters. The van der Waals surface area contributed by atoms with Gasteiger partial charge in [-0.3, -0.25) is 19.8 Å². The molecule has 1 aromatic heterocycles. The van der Waals surface area contributed by atoms with Gasteiger partial charge >= 0.3 is 0 Å². The standard InChI is InChI=1S/C24H21N3O4S/c1-15(2)26-23(28)22(32-24(26)25-18-9-7-16(3)8-10-18)14-20-11-12-21(31-20)17-5-4-6-19(13-17)27(29)30/h4-15H,1-3H3/b22-14+,25-24?.